The number of carbonyl (C=O) groups excluding carboxylic acids is 1. The number of rotatable bonds is 7. The summed E-state index contributed by atoms with van der Waals surface area (Å²) in [5.74, 6) is -0.348. The summed E-state index contributed by atoms with van der Waals surface area (Å²) in [6.45, 7) is 5.48. The van der Waals surface area contributed by atoms with Gasteiger partial charge in [-0.15, -0.1) is 0 Å². The summed E-state index contributed by atoms with van der Waals surface area (Å²) in [5, 5.41) is 2.99. The van der Waals surface area contributed by atoms with E-state index in [1.165, 1.54) is 21.9 Å². The lowest BCUT2D eigenvalue weighted by molar-refractivity contribution is -0.120. The summed E-state index contributed by atoms with van der Waals surface area (Å²) in [6.07, 6.45) is 3.35. The number of nitrogens with zero attached hydrogens (tertiary/aromatic N) is 1. The minimum atomic E-state index is -3.91. The molecule has 3 aromatic carbocycles. The van der Waals surface area contributed by atoms with Crippen LogP contribution in [0.25, 0.3) is 0 Å². The fraction of sp³-hybridized carbons (Fsp3) is 0.296. The smallest absolute Gasteiger partial charge is 0.264 e. The number of hydrogen-bond acceptors (Lipinski definition) is 3. The summed E-state index contributed by atoms with van der Waals surface area (Å²) in [6, 6.07) is 20.0. The minimum Gasteiger partial charge on any atom is -0.348 e. The van der Waals surface area contributed by atoms with E-state index < -0.39 is 10.0 Å². The first-order valence-electron chi connectivity index (χ1n) is 11.3. The molecule has 33 heavy (non-hydrogen) atoms. The van der Waals surface area contributed by atoms with Gasteiger partial charge in [-0.25, -0.2) is 8.42 Å². The quantitative estimate of drug-likeness (QED) is 0.545. The Morgan fingerprint density at radius 1 is 0.909 bits per heavy atom. The average molecular weight is 463 g/mol. The molecule has 1 N–H and O–H groups in total. The maximum Gasteiger partial charge on any atom is 0.264 e. The molecule has 3 aromatic rings. The molecule has 0 fully saturated rings. The van der Waals surface area contributed by atoms with Crippen molar-refractivity contribution >= 4 is 21.6 Å². The Hall–Kier alpha value is -3.12. The highest BCUT2D eigenvalue weighted by Gasteiger charge is 2.28. The number of anilines is 1. The maximum absolute atomic E-state index is 13.5. The van der Waals surface area contributed by atoms with Crippen LogP contribution in [-0.4, -0.2) is 20.9 Å². The van der Waals surface area contributed by atoms with Crippen molar-refractivity contribution in [3.05, 3.63) is 94.5 Å². The summed E-state index contributed by atoms with van der Waals surface area (Å²) >= 11 is 0. The highest BCUT2D eigenvalue weighted by Crippen LogP contribution is 2.27. The molecule has 0 spiro atoms. The number of hydrogen-bond donors (Lipinski definition) is 1. The molecule has 6 heteroatoms. The number of carbonyl (C=O) groups is 1. The minimum absolute atomic E-state index is 0.160. The second-order valence-electron chi connectivity index (χ2n) is 8.83. The van der Waals surface area contributed by atoms with Crippen molar-refractivity contribution in [2.75, 3.05) is 10.8 Å². The fourth-order valence-electron chi connectivity index (χ4n) is 4.23. The lowest BCUT2D eigenvalue weighted by Gasteiger charge is -2.25. The largest absolute Gasteiger partial charge is 0.348 e. The highest BCUT2D eigenvalue weighted by atomic mass is 32.2. The Morgan fingerprint density at radius 2 is 1.52 bits per heavy atom. The molecule has 1 atom stereocenters. The van der Waals surface area contributed by atoms with Crippen molar-refractivity contribution in [2.45, 2.75) is 51.0 Å². The maximum atomic E-state index is 13.5. The highest BCUT2D eigenvalue weighted by molar-refractivity contribution is 7.92. The van der Waals surface area contributed by atoms with E-state index in [4.69, 9.17) is 0 Å². The predicted octanol–water partition coefficient (Wildman–Crippen LogP) is 4.86. The molecule has 0 heterocycles. The van der Waals surface area contributed by atoms with E-state index in [2.05, 4.69) is 23.5 Å². The monoisotopic (exact) mass is 462 g/mol. The number of fused-ring (bicyclic) bond motifs is 1. The molecular formula is C27H30N2O3S. The van der Waals surface area contributed by atoms with Crippen molar-refractivity contribution in [3.63, 3.8) is 0 Å². The molecule has 5 nitrogen and oxygen atoms in total. The molecule has 0 aliphatic heterocycles. The Bertz CT molecular complexity index is 1250. The topological polar surface area (TPSA) is 66.5 Å². The summed E-state index contributed by atoms with van der Waals surface area (Å²) in [4.78, 5) is 13.2. The summed E-state index contributed by atoms with van der Waals surface area (Å²) in [7, 11) is -3.91. The van der Waals surface area contributed by atoms with Crippen LogP contribution in [0.5, 0.6) is 0 Å². The van der Waals surface area contributed by atoms with E-state index in [1.54, 1.807) is 36.4 Å². The van der Waals surface area contributed by atoms with Gasteiger partial charge in [-0.1, -0.05) is 53.6 Å². The first-order chi connectivity index (χ1) is 15.7. The van der Waals surface area contributed by atoms with Crippen LogP contribution in [0.3, 0.4) is 0 Å². The van der Waals surface area contributed by atoms with Crippen molar-refractivity contribution in [2.24, 2.45) is 0 Å². The third-order valence-electron chi connectivity index (χ3n) is 6.22. The first-order valence-corrected chi connectivity index (χ1v) is 12.8. The average Bonchev–Trinajstić information content (AvgIpc) is 3.26. The van der Waals surface area contributed by atoms with Crippen LogP contribution in [0, 0.1) is 13.8 Å². The van der Waals surface area contributed by atoms with Crippen LogP contribution in [0.2, 0.25) is 0 Å². The zero-order valence-electron chi connectivity index (χ0n) is 19.3. The normalized spacial score (nSPS) is 13.9. The van der Waals surface area contributed by atoms with E-state index in [-0.39, 0.29) is 23.4 Å². The second kappa shape index (κ2) is 9.40. The van der Waals surface area contributed by atoms with E-state index in [9.17, 15) is 13.2 Å². The third kappa shape index (κ3) is 5.11. The number of benzene rings is 3. The molecule has 0 unspecified atom stereocenters. The lowest BCUT2D eigenvalue weighted by atomic mass is 10.0. The van der Waals surface area contributed by atoms with Crippen molar-refractivity contribution in [3.8, 4) is 0 Å². The van der Waals surface area contributed by atoms with Gasteiger partial charge < -0.3 is 5.32 Å². The van der Waals surface area contributed by atoms with Gasteiger partial charge in [0.15, 0.2) is 0 Å². The molecule has 0 radical (unpaired) electrons. The lowest BCUT2D eigenvalue weighted by Crippen LogP contribution is -2.41. The molecule has 1 aliphatic rings. The molecule has 0 bridgehead atoms. The van der Waals surface area contributed by atoms with Crippen LogP contribution in [-0.2, 0) is 27.7 Å². The standard InChI is InChI=1S/C27H30N2O3S/c1-19-7-13-25(14-8-19)29(33(31,32)26-15-9-20(2)10-16-26)18-27(30)28-21(3)23-12-11-22-5-4-6-24(22)17-23/h7-17,21H,4-6,18H2,1-3H3,(H,28,30)/t21-/m0/s1. The van der Waals surface area contributed by atoms with E-state index in [0.717, 1.165) is 29.5 Å². The first kappa shape index (κ1) is 23.1. The van der Waals surface area contributed by atoms with Gasteiger partial charge in [-0.05, 0) is 81.0 Å². The number of amides is 1. The van der Waals surface area contributed by atoms with Gasteiger partial charge in [0.1, 0.15) is 6.54 Å². The van der Waals surface area contributed by atoms with Gasteiger partial charge in [-0.3, -0.25) is 9.10 Å². The Morgan fingerprint density at radius 3 is 2.18 bits per heavy atom. The fourth-order valence-corrected chi connectivity index (χ4v) is 5.65. The van der Waals surface area contributed by atoms with Crippen molar-refractivity contribution in [1.29, 1.82) is 0 Å². The SMILES string of the molecule is Cc1ccc(N(CC(=O)N[C@@H](C)c2ccc3c(c2)CCC3)S(=O)(=O)c2ccc(C)cc2)cc1. The van der Waals surface area contributed by atoms with Crippen molar-refractivity contribution in [1.82, 2.24) is 5.32 Å². The molecule has 1 aliphatic carbocycles. The molecule has 0 saturated heterocycles. The van der Waals surface area contributed by atoms with Gasteiger partial charge in [0.25, 0.3) is 10.0 Å². The molecule has 0 aromatic heterocycles. The number of sulfonamides is 1. The van der Waals surface area contributed by atoms with Gasteiger partial charge in [0.2, 0.25) is 5.91 Å². The number of aryl methyl sites for hydroxylation is 4. The van der Waals surface area contributed by atoms with E-state index in [1.807, 2.05) is 32.9 Å². The van der Waals surface area contributed by atoms with Crippen LogP contribution in [0.4, 0.5) is 5.69 Å². The Labute approximate surface area is 196 Å². The Kier molecular flexibility index (Phi) is 6.56. The van der Waals surface area contributed by atoms with E-state index in [0.29, 0.717) is 5.69 Å². The van der Waals surface area contributed by atoms with Gasteiger partial charge >= 0.3 is 0 Å². The number of nitrogens with one attached hydrogen (secondary N) is 1. The zero-order chi connectivity index (χ0) is 23.6. The zero-order valence-corrected chi connectivity index (χ0v) is 20.2. The van der Waals surface area contributed by atoms with Crippen LogP contribution in [0.1, 0.15) is 47.2 Å². The second-order valence-corrected chi connectivity index (χ2v) is 10.7. The predicted molar refractivity (Wildman–Crippen MR) is 132 cm³/mol. The van der Waals surface area contributed by atoms with E-state index >= 15 is 0 Å². The third-order valence-corrected chi connectivity index (χ3v) is 8.01. The van der Waals surface area contributed by atoms with Crippen LogP contribution < -0.4 is 9.62 Å². The molecule has 0 saturated carbocycles. The molecular weight excluding hydrogens is 432 g/mol. The molecule has 4 rings (SSSR count). The van der Waals surface area contributed by atoms with Gasteiger partial charge in [0, 0.05) is 0 Å². The van der Waals surface area contributed by atoms with Crippen molar-refractivity contribution < 1.29 is 13.2 Å². The molecule has 172 valence electrons. The van der Waals surface area contributed by atoms with Gasteiger partial charge in [0.05, 0.1) is 16.6 Å². The summed E-state index contributed by atoms with van der Waals surface area (Å²) < 4.78 is 28.2. The van der Waals surface area contributed by atoms with Crippen LogP contribution >= 0.6 is 0 Å². The van der Waals surface area contributed by atoms with Crippen LogP contribution in [0.15, 0.2) is 71.6 Å². The summed E-state index contributed by atoms with van der Waals surface area (Å²) in [5.41, 5.74) is 6.20. The molecule has 1 amide bonds. The Balaban J connectivity index is 1.57. The van der Waals surface area contributed by atoms with Gasteiger partial charge in [-0.2, -0.15) is 0 Å².